The van der Waals surface area contributed by atoms with E-state index in [2.05, 4.69) is 31.6 Å². The Morgan fingerprint density at radius 2 is 1.41 bits per heavy atom. The van der Waals surface area contributed by atoms with E-state index in [0.717, 1.165) is 5.56 Å². The van der Waals surface area contributed by atoms with Crippen molar-refractivity contribution in [1.29, 1.82) is 0 Å². The molecule has 308 valence electrons. The summed E-state index contributed by atoms with van der Waals surface area (Å²) in [6.45, 7) is 7.95. The number of anilines is 2. The summed E-state index contributed by atoms with van der Waals surface area (Å²) in [5.41, 5.74) is 1.36. The molecule has 2 aromatic carbocycles. The summed E-state index contributed by atoms with van der Waals surface area (Å²) in [4.78, 5) is 45.9. The van der Waals surface area contributed by atoms with Crippen molar-refractivity contribution in [2.45, 2.75) is 58.2 Å². The van der Waals surface area contributed by atoms with E-state index in [0.29, 0.717) is 50.8 Å². The number of nitrogens with one attached hydrogen (secondary N) is 5. The Morgan fingerprint density at radius 3 is 2.00 bits per heavy atom. The summed E-state index contributed by atoms with van der Waals surface area (Å²) in [5, 5.41) is 16.2. The number of carbonyl (C=O) groups is 3. The third-order valence-electron chi connectivity index (χ3n) is 9.02. The molecule has 0 bridgehead atoms. The van der Waals surface area contributed by atoms with Gasteiger partial charge in [0.2, 0.25) is 0 Å². The fourth-order valence-corrected chi connectivity index (χ4v) is 7.42. The zero-order valence-electron chi connectivity index (χ0n) is 33.1. The Hall–Kier alpha value is -5.16. The molecule has 5 N–H and O–H groups in total. The van der Waals surface area contributed by atoms with Gasteiger partial charge in [0.15, 0.2) is 11.5 Å². The van der Waals surface area contributed by atoms with Crippen molar-refractivity contribution >= 4 is 86.9 Å². The molecule has 0 radical (unpaired) electrons. The van der Waals surface area contributed by atoms with Gasteiger partial charge in [0.05, 0.1) is 54.0 Å². The van der Waals surface area contributed by atoms with Crippen molar-refractivity contribution in [2.75, 3.05) is 45.1 Å². The minimum atomic E-state index is -0.717. The van der Waals surface area contributed by atoms with Gasteiger partial charge in [0.1, 0.15) is 33.7 Å². The van der Waals surface area contributed by atoms with E-state index in [1.54, 1.807) is 61.9 Å². The number of thiocarbonyl (C=S) groups is 2. The summed E-state index contributed by atoms with van der Waals surface area (Å²) in [6.07, 6.45) is 3.14. The largest absolute Gasteiger partial charge is 0.493 e. The quantitative estimate of drug-likeness (QED) is 0.106. The highest BCUT2D eigenvalue weighted by atomic mass is 35.5. The highest BCUT2D eigenvalue weighted by molar-refractivity contribution is 7.81. The van der Waals surface area contributed by atoms with Gasteiger partial charge in [-0.2, -0.15) is 0 Å². The second-order valence-corrected chi connectivity index (χ2v) is 16.3. The molecule has 0 aliphatic carbocycles. The highest BCUT2D eigenvalue weighted by Crippen LogP contribution is 2.36. The molecule has 0 saturated carbocycles. The summed E-state index contributed by atoms with van der Waals surface area (Å²) in [6, 6.07) is 12.1. The molecule has 5 rings (SSSR count). The number of methoxy groups -OCH3 is 2. The van der Waals surface area contributed by atoms with Crippen LogP contribution in [0.2, 0.25) is 10.0 Å². The number of nitrogens with zero attached hydrogens (tertiary/aromatic N) is 2. The fourth-order valence-electron chi connectivity index (χ4n) is 6.27. The highest BCUT2D eigenvalue weighted by Gasteiger charge is 2.37. The number of rotatable bonds is 14. The number of hydrogen-bond acceptors (Lipinski definition) is 11. The lowest BCUT2D eigenvalue weighted by atomic mass is 9.90. The average molecular weight is 871 g/mol. The lowest BCUT2D eigenvalue weighted by Gasteiger charge is -2.34. The third-order valence-corrected chi connectivity index (χ3v) is 10.2. The molecule has 0 saturated heterocycles. The van der Waals surface area contributed by atoms with Crippen LogP contribution < -0.4 is 40.8 Å². The maximum Gasteiger partial charge on any atom is 0.414 e. The molecule has 0 atom stereocenters. The van der Waals surface area contributed by atoms with Crippen molar-refractivity contribution in [3.63, 3.8) is 0 Å². The Bertz CT molecular complexity index is 2200. The summed E-state index contributed by atoms with van der Waals surface area (Å²) >= 11 is 24.0. The van der Waals surface area contributed by atoms with E-state index >= 15 is 0 Å². The molecule has 0 spiro atoms. The first-order chi connectivity index (χ1) is 27.4. The number of halogens is 2. The van der Waals surface area contributed by atoms with Crippen LogP contribution in [0.3, 0.4) is 0 Å². The smallest absolute Gasteiger partial charge is 0.414 e. The van der Waals surface area contributed by atoms with E-state index in [4.69, 9.17) is 66.6 Å². The van der Waals surface area contributed by atoms with Crippen molar-refractivity contribution in [2.24, 2.45) is 0 Å². The zero-order valence-corrected chi connectivity index (χ0v) is 36.2. The maximum absolute atomic E-state index is 13.4. The first-order valence-corrected chi connectivity index (χ1v) is 19.6. The van der Waals surface area contributed by atoms with Crippen LogP contribution >= 0.6 is 47.6 Å². The Labute approximate surface area is 358 Å². The van der Waals surface area contributed by atoms with Gasteiger partial charge >= 0.3 is 6.09 Å². The normalized spacial score (nSPS) is 15.7. The van der Waals surface area contributed by atoms with E-state index in [1.807, 2.05) is 27.7 Å². The number of benzene rings is 2. The number of aromatic nitrogens is 1. The minimum Gasteiger partial charge on any atom is -0.493 e. The Kier molecular flexibility index (Phi) is 14.1. The number of pyridine rings is 1. The molecule has 3 amide bonds. The molecule has 0 fully saturated rings. The number of likely N-dealkylation sites (N-methyl/N-ethyl adjacent to an activating group) is 1. The van der Waals surface area contributed by atoms with Crippen LogP contribution in [0.1, 0.15) is 46.1 Å². The van der Waals surface area contributed by atoms with Gasteiger partial charge in [0.25, 0.3) is 11.8 Å². The van der Waals surface area contributed by atoms with Gasteiger partial charge in [-0.1, -0.05) is 59.8 Å². The minimum absolute atomic E-state index is 0.0136. The van der Waals surface area contributed by atoms with Crippen molar-refractivity contribution in [3.05, 3.63) is 93.1 Å². The van der Waals surface area contributed by atoms with Crippen LogP contribution in [0.15, 0.2) is 77.5 Å². The van der Waals surface area contributed by atoms with E-state index in [1.165, 1.54) is 19.1 Å². The monoisotopic (exact) mass is 869 g/mol. The third kappa shape index (κ3) is 10.7. The van der Waals surface area contributed by atoms with Crippen LogP contribution in [0.4, 0.5) is 16.2 Å². The Morgan fingerprint density at radius 1 is 0.862 bits per heavy atom. The number of amides is 3. The zero-order chi connectivity index (χ0) is 42.4. The first kappa shape index (κ1) is 44.0. The number of para-hydroxylation sites is 2. The second kappa shape index (κ2) is 18.6. The topological polar surface area (TPSA) is 164 Å². The summed E-state index contributed by atoms with van der Waals surface area (Å²) in [5.74, 6) is 0.482. The van der Waals surface area contributed by atoms with Gasteiger partial charge in [-0.25, -0.2) is 4.79 Å². The molecule has 0 unspecified atom stereocenters. The summed E-state index contributed by atoms with van der Waals surface area (Å²) in [7, 11) is 4.52. The van der Waals surface area contributed by atoms with Gasteiger partial charge in [-0.05, 0) is 58.0 Å². The molecule has 2 aliphatic rings. The lowest BCUT2D eigenvalue weighted by Crippen LogP contribution is -2.51. The molecule has 2 aliphatic heterocycles. The van der Waals surface area contributed by atoms with Gasteiger partial charge < -0.3 is 50.4 Å². The van der Waals surface area contributed by atoms with Gasteiger partial charge in [0, 0.05) is 55.0 Å². The van der Waals surface area contributed by atoms with Crippen LogP contribution in [-0.2, 0) is 20.9 Å². The van der Waals surface area contributed by atoms with Crippen molar-refractivity contribution < 1.29 is 33.3 Å². The van der Waals surface area contributed by atoms with E-state index < -0.39 is 23.1 Å². The van der Waals surface area contributed by atoms with E-state index in [-0.39, 0.29) is 58.9 Å². The summed E-state index contributed by atoms with van der Waals surface area (Å²) < 4.78 is 22.8. The van der Waals surface area contributed by atoms with Crippen molar-refractivity contribution in [1.82, 2.24) is 25.8 Å². The standard InChI is InChI=1S/C40H45Cl2N7O7S2/c1-39(2)18-27(30(34(50)47-39)36(57)45-25-12-8-10-23(41)32(25)53-6)44-20-22-14-15-43-21-29(22)55-17-16-49(5)38(52)56-28-19-40(3,4)48-35(51)31(28)37(58)46-26-13-9-11-24(42)33(26)54-7/h8-15,21,44H,16-20H2,1-7H3,(H,45,57)(H,46,58)(H,47,50)(H,48,51). The molecule has 3 heterocycles. The van der Waals surface area contributed by atoms with Crippen LogP contribution in [-0.4, -0.2) is 83.3 Å². The SMILES string of the molecule is COc1c(Cl)cccc1NC(=S)C1=C(NCc2ccncc2OCCN(C)C(=O)OC2=C(C(=S)Nc3cccc(Cl)c3OC)C(=O)NC(C)(C)C2)CC(C)(C)NC1=O. The number of ether oxygens (including phenoxy) is 4. The molecule has 1 aromatic heterocycles. The predicted octanol–water partition coefficient (Wildman–Crippen LogP) is 6.93. The van der Waals surface area contributed by atoms with E-state index in [9.17, 15) is 14.4 Å². The fraction of sp³-hybridized carbons (Fsp3) is 0.350. The molecule has 3 aromatic rings. The molecule has 14 nitrogen and oxygen atoms in total. The maximum atomic E-state index is 13.4. The predicted molar refractivity (Wildman–Crippen MR) is 232 cm³/mol. The number of hydrogen-bond donors (Lipinski definition) is 5. The second-order valence-electron chi connectivity index (χ2n) is 14.7. The molecule has 58 heavy (non-hydrogen) atoms. The van der Waals surface area contributed by atoms with Crippen LogP contribution in [0.25, 0.3) is 0 Å². The lowest BCUT2D eigenvalue weighted by molar-refractivity contribution is -0.120. The first-order valence-electron chi connectivity index (χ1n) is 18.0. The van der Waals surface area contributed by atoms with Crippen molar-refractivity contribution in [3.8, 4) is 17.2 Å². The molecular weight excluding hydrogens is 826 g/mol. The van der Waals surface area contributed by atoms with Gasteiger partial charge in [-0.15, -0.1) is 0 Å². The number of carbonyl (C=O) groups excluding carboxylic acids is 3. The average Bonchev–Trinajstić information content (AvgIpc) is 3.13. The van der Waals surface area contributed by atoms with Crippen LogP contribution in [0.5, 0.6) is 17.2 Å². The molecular formula is C40H45Cl2N7O7S2. The Balaban J connectivity index is 1.26. The molecule has 18 heteroatoms. The van der Waals surface area contributed by atoms with Gasteiger partial charge in [-0.3, -0.25) is 14.6 Å². The van der Waals surface area contributed by atoms with Crippen LogP contribution in [0, 0.1) is 0 Å².